The van der Waals surface area contributed by atoms with Crippen molar-refractivity contribution >= 4 is 29.6 Å². The first-order chi connectivity index (χ1) is 5.65. The van der Waals surface area contributed by atoms with E-state index >= 15 is 0 Å². The van der Waals surface area contributed by atoms with Gasteiger partial charge in [0.25, 0.3) is 11.8 Å². The summed E-state index contributed by atoms with van der Waals surface area (Å²) in [6.07, 6.45) is 0. The number of carbonyl (C=O) groups is 3. The van der Waals surface area contributed by atoms with Crippen molar-refractivity contribution in [3.63, 3.8) is 0 Å². The van der Waals surface area contributed by atoms with E-state index in [1.165, 1.54) is 0 Å². The number of hydrogen-bond donors (Lipinski definition) is 2. The minimum Gasteiger partial charge on any atom is -0.276 e. The largest absolute Gasteiger partial charge is 0.328 e. The molecule has 1 heterocycles. The maximum Gasteiger partial charge on any atom is 0.328 e. The molecule has 1 rings (SSSR count). The second kappa shape index (κ2) is 3.23. The van der Waals surface area contributed by atoms with E-state index in [2.05, 4.69) is 0 Å². The predicted molar refractivity (Wildman–Crippen MR) is 38.7 cm³/mol. The molecule has 6 nitrogen and oxygen atoms in total. The van der Waals surface area contributed by atoms with Crippen molar-refractivity contribution < 1.29 is 14.4 Å². The molecule has 0 spiro atoms. The molecule has 0 aromatic carbocycles. The van der Waals surface area contributed by atoms with E-state index < -0.39 is 23.1 Å². The first-order valence-electron chi connectivity index (χ1n) is 2.85. The first-order valence-corrected chi connectivity index (χ1v) is 3.73. The van der Waals surface area contributed by atoms with Crippen LogP contribution in [0.15, 0.2) is 0 Å². The van der Waals surface area contributed by atoms with Crippen LogP contribution in [0.1, 0.15) is 0 Å². The number of barbiturate groups is 1. The third-order valence-electron chi connectivity index (χ3n) is 1.12. The minimum absolute atomic E-state index is 0.500. The van der Waals surface area contributed by atoms with Crippen LogP contribution in [-0.2, 0) is 9.59 Å². The zero-order valence-corrected chi connectivity index (χ0v) is 6.47. The molecule has 1 aliphatic heterocycles. The number of nitriles is 1. The molecule has 2 N–H and O–H groups in total. The van der Waals surface area contributed by atoms with Crippen LogP contribution in [0, 0.1) is 10.7 Å². The molecule has 0 aromatic heterocycles. The average Bonchev–Trinajstić information content (AvgIpc) is 1.96. The van der Waals surface area contributed by atoms with E-state index in [4.69, 9.17) is 5.26 Å². The number of thioether (sulfide) groups is 1. The van der Waals surface area contributed by atoms with Crippen LogP contribution < -0.4 is 10.6 Å². The van der Waals surface area contributed by atoms with Gasteiger partial charge in [0.15, 0.2) is 5.25 Å². The van der Waals surface area contributed by atoms with E-state index in [-0.39, 0.29) is 0 Å². The van der Waals surface area contributed by atoms with Gasteiger partial charge >= 0.3 is 6.03 Å². The standard InChI is InChI=1S/C5H3N3O3S/c6-1-12-2-3(9)7-5(11)8-4(2)10/h2H,(H2,7,8,9,10,11). The SMILES string of the molecule is N#CSC1C(=O)NC(=O)NC1=O. The van der Waals surface area contributed by atoms with Crippen LogP contribution in [0.4, 0.5) is 4.79 Å². The van der Waals surface area contributed by atoms with Crippen molar-refractivity contribution in [2.45, 2.75) is 5.25 Å². The van der Waals surface area contributed by atoms with Gasteiger partial charge in [-0.2, -0.15) is 5.26 Å². The fourth-order valence-electron chi connectivity index (χ4n) is 0.665. The number of imide groups is 2. The van der Waals surface area contributed by atoms with Gasteiger partial charge in [-0.05, 0) is 11.8 Å². The lowest BCUT2D eigenvalue weighted by molar-refractivity contribution is -0.128. The normalized spacial score (nSPS) is 18.1. The van der Waals surface area contributed by atoms with Crippen molar-refractivity contribution in [1.82, 2.24) is 10.6 Å². The highest BCUT2D eigenvalue weighted by Gasteiger charge is 2.34. The maximum absolute atomic E-state index is 10.8. The molecule has 0 unspecified atom stereocenters. The molecule has 7 heteroatoms. The van der Waals surface area contributed by atoms with Gasteiger partial charge in [0.05, 0.1) is 0 Å². The van der Waals surface area contributed by atoms with E-state index in [0.29, 0.717) is 11.8 Å². The Kier molecular flexibility index (Phi) is 2.30. The summed E-state index contributed by atoms with van der Waals surface area (Å²) in [5.41, 5.74) is 0. The predicted octanol–water partition coefficient (Wildman–Crippen LogP) is -1.06. The van der Waals surface area contributed by atoms with Crippen LogP contribution in [-0.4, -0.2) is 23.1 Å². The zero-order chi connectivity index (χ0) is 9.14. The van der Waals surface area contributed by atoms with Crippen LogP contribution in [0.3, 0.4) is 0 Å². The Balaban J connectivity index is 2.75. The van der Waals surface area contributed by atoms with E-state index in [9.17, 15) is 14.4 Å². The number of thiocyanates is 1. The third-order valence-corrected chi connectivity index (χ3v) is 1.89. The summed E-state index contributed by atoms with van der Waals surface area (Å²) in [6, 6.07) is -0.847. The number of carbonyl (C=O) groups excluding carboxylic acids is 3. The zero-order valence-electron chi connectivity index (χ0n) is 5.66. The van der Waals surface area contributed by atoms with E-state index in [1.807, 2.05) is 10.6 Å². The van der Waals surface area contributed by atoms with E-state index in [1.54, 1.807) is 5.40 Å². The lowest BCUT2D eigenvalue weighted by atomic mass is 10.3. The van der Waals surface area contributed by atoms with E-state index in [0.717, 1.165) is 0 Å². The second-order valence-corrected chi connectivity index (χ2v) is 2.79. The monoisotopic (exact) mass is 185 g/mol. The highest BCUT2D eigenvalue weighted by molar-refractivity contribution is 8.05. The molecule has 1 fully saturated rings. The number of hydrogen-bond acceptors (Lipinski definition) is 5. The summed E-state index contributed by atoms with van der Waals surface area (Å²) in [7, 11) is 0. The Labute approximate surface area is 71.3 Å². The van der Waals surface area contributed by atoms with Crippen molar-refractivity contribution in [1.29, 1.82) is 5.26 Å². The number of nitrogens with one attached hydrogen (secondary N) is 2. The quantitative estimate of drug-likeness (QED) is 0.400. The summed E-state index contributed by atoms with van der Waals surface area (Å²) in [4.78, 5) is 32.2. The molecular formula is C5H3N3O3S. The molecule has 4 amide bonds. The summed E-state index contributed by atoms with van der Waals surface area (Å²) >= 11 is 0.500. The van der Waals surface area contributed by atoms with Gasteiger partial charge in [-0.25, -0.2) is 4.79 Å². The molecule has 1 saturated heterocycles. The van der Waals surface area contributed by atoms with Gasteiger partial charge in [-0.1, -0.05) is 0 Å². The molecule has 0 aliphatic carbocycles. The first kappa shape index (κ1) is 8.55. The Bertz CT molecular complexity index is 275. The van der Waals surface area contributed by atoms with Gasteiger partial charge in [0.1, 0.15) is 5.40 Å². The van der Waals surface area contributed by atoms with Crippen LogP contribution in [0.2, 0.25) is 0 Å². The molecule has 0 radical (unpaired) electrons. The Morgan fingerprint density at radius 2 is 1.75 bits per heavy atom. The van der Waals surface area contributed by atoms with Gasteiger partial charge in [-0.3, -0.25) is 20.2 Å². The third kappa shape index (κ3) is 1.54. The Hall–Kier alpha value is -1.55. The second-order valence-electron chi connectivity index (χ2n) is 1.90. The van der Waals surface area contributed by atoms with Gasteiger partial charge in [0, 0.05) is 0 Å². The lowest BCUT2D eigenvalue weighted by Crippen LogP contribution is -2.57. The maximum atomic E-state index is 10.8. The van der Waals surface area contributed by atoms with Crippen molar-refractivity contribution in [3.05, 3.63) is 0 Å². The molecule has 12 heavy (non-hydrogen) atoms. The highest BCUT2D eigenvalue weighted by Crippen LogP contribution is 2.11. The Morgan fingerprint density at radius 3 is 2.17 bits per heavy atom. The van der Waals surface area contributed by atoms with Gasteiger partial charge < -0.3 is 0 Å². The Morgan fingerprint density at radius 1 is 1.25 bits per heavy atom. The molecule has 62 valence electrons. The summed E-state index contributed by atoms with van der Waals surface area (Å²) in [5.74, 6) is -1.51. The average molecular weight is 185 g/mol. The lowest BCUT2D eigenvalue weighted by Gasteiger charge is -2.16. The topological polar surface area (TPSA) is 99.1 Å². The number of nitrogens with zero attached hydrogens (tertiary/aromatic N) is 1. The van der Waals surface area contributed by atoms with Crippen molar-refractivity contribution in [3.8, 4) is 5.40 Å². The molecule has 1 aliphatic rings. The summed E-state index contributed by atoms with van der Waals surface area (Å²) < 4.78 is 0. The summed E-state index contributed by atoms with van der Waals surface area (Å²) in [5, 5.41) is 12.4. The molecule has 0 atom stereocenters. The smallest absolute Gasteiger partial charge is 0.276 e. The molecule has 0 bridgehead atoms. The van der Waals surface area contributed by atoms with Crippen LogP contribution in [0.25, 0.3) is 0 Å². The minimum atomic E-state index is -1.15. The van der Waals surface area contributed by atoms with Crippen molar-refractivity contribution in [2.75, 3.05) is 0 Å². The molecule has 0 aromatic rings. The van der Waals surface area contributed by atoms with Crippen LogP contribution >= 0.6 is 11.8 Å². The van der Waals surface area contributed by atoms with Gasteiger partial charge in [-0.15, -0.1) is 0 Å². The summed E-state index contributed by atoms with van der Waals surface area (Å²) in [6.45, 7) is 0. The molecule has 0 saturated carbocycles. The fourth-order valence-corrected chi connectivity index (χ4v) is 1.10. The number of rotatable bonds is 1. The van der Waals surface area contributed by atoms with Crippen molar-refractivity contribution in [2.24, 2.45) is 0 Å². The molecular weight excluding hydrogens is 182 g/mol. The fraction of sp³-hybridized carbons (Fsp3) is 0.200. The van der Waals surface area contributed by atoms with Crippen LogP contribution in [0.5, 0.6) is 0 Å². The number of amides is 4. The van der Waals surface area contributed by atoms with Gasteiger partial charge in [0.2, 0.25) is 0 Å². The number of urea groups is 1. The highest BCUT2D eigenvalue weighted by atomic mass is 32.2.